The van der Waals surface area contributed by atoms with Gasteiger partial charge in [-0.05, 0) is 69.1 Å². The van der Waals surface area contributed by atoms with Gasteiger partial charge in [0.15, 0.2) is 0 Å². The van der Waals surface area contributed by atoms with Crippen molar-refractivity contribution in [2.75, 3.05) is 31.5 Å². The van der Waals surface area contributed by atoms with E-state index in [2.05, 4.69) is 32.3 Å². The Bertz CT molecular complexity index is 887. The van der Waals surface area contributed by atoms with Crippen LogP contribution in [-0.4, -0.2) is 46.2 Å². The van der Waals surface area contributed by atoms with Crippen molar-refractivity contribution >= 4 is 16.9 Å². The van der Waals surface area contributed by atoms with Crippen molar-refractivity contribution in [1.29, 1.82) is 0 Å². The molecule has 0 saturated carbocycles. The number of anilines is 1. The predicted molar refractivity (Wildman–Crippen MR) is 103 cm³/mol. The normalized spacial score (nSPS) is 16.1. The Morgan fingerprint density at radius 1 is 1.19 bits per heavy atom. The number of aromatic nitrogens is 3. The Morgan fingerprint density at radius 3 is 2.74 bits per heavy atom. The molecule has 3 aromatic rings. The van der Waals surface area contributed by atoms with Gasteiger partial charge in [0.25, 0.3) is 5.71 Å². The summed E-state index contributed by atoms with van der Waals surface area (Å²) in [5.41, 5.74) is 1.82. The summed E-state index contributed by atoms with van der Waals surface area (Å²) < 4.78 is 18.6. The first-order valence-corrected chi connectivity index (χ1v) is 9.53. The summed E-state index contributed by atoms with van der Waals surface area (Å²) in [6, 6.07) is 6.18. The molecule has 0 amide bonds. The first kappa shape index (κ1) is 17.9. The van der Waals surface area contributed by atoms with E-state index in [0.717, 1.165) is 36.4 Å². The van der Waals surface area contributed by atoms with Crippen molar-refractivity contribution in [3.8, 4) is 11.3 Å². The Morgan fingerprint density at radius 2 is 1.96 bits per heavy atom. The second-order valence-corrected chi connectivity index (χ2v) is 7.24. The lowest BCUT2D eigenvalue weighted by molar-refractivity contribution is 0.192. The van der Waals surface area contributed by atoms with Crippen LogP contribution in [0.3, 0.4) is 0 Å². The molecule has 0 unspecified atom stereocenters. The minimum absolute atomic E-state index is 0.284. The van der Waals surface area contributed by atoms with E-state index >= 15 is 0 Å². The highest BCUT2D eigenvalue weighted by Gasteiger charge is 2.17. The summed E-state index contributed by atoms with van der Waals surface area (Å²) in [4.78, 5) is 11.0. The summed E-state index contributed by atoms with van der Waals surface area (Å²) in [5, 5.41) is 8.24. The van der Waals surface area contributed by atoms with E-state index in [1.54, 1.807) is 12.1 Å². The molecule has 1 aliphatic rings. The molecule has 0 bridgehead atoms. The molecule has 1 N–H and O–H groups in total. The third-order valence-corrected chi connectivity index (χ3v) is 5.21. The van der Waals surface area contributed by atoms with Crippen molar-refractivity contribution in [3.63, 3.8) is 0 Å². The van der Waals surface area contributed by atoms with Crippen LogP contribution in [0, 0.1) is 11.7 Å². The summed E-state index contributed by atoms with van der Waals surface area (Å²) >= 11 is 0. The maximum Gasteiger partial charge on any atom is 0.263 e. The fourth-order valence-electron chi connectivity index (χ4n) is 3.52. The van der Waals surface area contributed by atoms with Gasteiger partial charge < -0.3 is 14.7 Å². The molecule has 1 aliphatic heterocycles. The second kappa shape index (κ2) is 8.00. The number of fused-ring (bicyclic) bond motifs is 1. The topological polar surface area (TPSA) is 67.1 Å². The lowest BCUT2D eigenvalue weighted by atomic mass is 9.99. The van der Waals surface area contributed by atoms with E-state index in [9.17, 15) is 4.39 Å². The number of benzene rings is 1. The number of nitrogens with zero attached hydrogens (tertiary/aromatic N) is 4. The van der Waals surface area contributed by atoms with Crippen LogP contribution in [-0.2, 0) is 0 Å². The maximum absolute atomic E-state index is 13.2. The number of rotatable bonds is 6. The fraction of sp³-hybridized carbons (Fsp3) is 0.450. The van der Waals surface area contributed by atoms with E-state index in [-0.39, 0.29) is 5.82 Å². The lowest BCUT2D eigenvalue weighted by Gasteiger charge is -2.30. The van der Waals surface area contributed by atoms with Gasteiger partial charge in [0.05, 0.1) is 0 Å². The van der Waals surface area contributed by atoms with Crippen molar-refractivity contribution in [2.45, 2.75) is 26.2 Å². The van der Waals surface area contributed by atoms with Gasteiger partial charge in [-0.2, -0.15) is 4.98 Å². The van der Waals surface area contributed by atoms with Crippen LogP contribution in [0.1, 0.15) is 26.2 Å². The quantitative estimate of drug-likeness (QED) is 0.664. The monoisotopic (exact) mass is 369 g/mol. The number of nitrogens with one attached hydrogen (secondary N) is 1. The molecule has 7 heteroatoms. The average molecular weight is 369 g/mol. The van der Waals surface area contributed by atoms with Gasteiger partial charge in [-0.3, -0.25) is 0 Å². The molecule has 0 radical (unpaired) electrons. The molecule has 3 heterocycles. The average Bonchev–Trinajstić information content (AvgIpc) is 3.12. The molecule has 1 saturated heterocycles. The summed E-state index contributed by atoms with van der Waals surface area (Å²) in [5.74, 6) is 1.27. The summed E-state index contributed by atoms with van der Waals surface area (Å²) in [6.07, 6.45) is 5.09. The minimum Gasteiger partial charge on any atom is -0.369 e. The Kier molecular flexibility index (Phi) is 5.29. The minimum atomic E-state index is -0.284. The molecule has 142 valence electrons. The van der Waals surface area contributed by atoms with E-state index < -0.39 is 0 Å². The first-order valence-electron chi connectivity index (χ1n) is 9.53. The number of hydrogen-bond donors (Lipinski definition) is 1. The molecular weight excluding hydrogens is 345 g/mol. The van der Waals surface area contributed by atoms with Crippen LogP contribution in [0.4, 0.5) is 10.2 Å². The first-order chi connectivity index (χ1) is 13.2. The molecule has 0 spiro atoms. The molecule has 6 nitrogen and oxygen atoms in total. The largest absolute Gasteiger partial charge is 0.369 e. The van der Waals surface area contributed by atoms with Gasteiger partial charge in [0.2, 0.25) is 0 Å². The number of halogens is 1. The highest BCUT2D eigenvalue weighted by atomic mass is 19.1. The summed E-state index contributed by atoms with van der Waals surface area (Å²) in [7, 11) is 0. The molecule has 2 aromatic heterocycles. The number of piperidine rings is 1. The lowest BCUT2D eigenvalue weighted by Crippen LogP contribution is -2.34. The van der Waals surface area contributed by atoms with Gasteiger partial charge in [0.1, 0.15) is 29.0 Å². The molecule has 1 fully saturated rings. The van der Waals surface area contributed by atoms with Crippen LogP contribution < -0.4 is 5.32 Å². The number of likely N-dealkylation sites (tertiary alicyclic amines) is 1. The van der Waals surface area contributed by atoms with Crippen molar-refractivity contribution in [1.82, 2.24) is 20.0 Å². The van der Waals surface area contributed by atoms with Crippen LogP contribution in [0.25, 0.3) is 22.4 Å². The number of hydrogen-bond acceptors (Lipinski definition) is 6. The van der Waals surface area contributed by atoms with Gasteiger partial charge in [0, 0.05) is 12.1 Å². The molecular formula is C20H24FN5O. The Labute approximate surface area is 157 Å². The Hall–Kier alpha value is -2.54. The fourth-order valence-corrected chi connectivity index (χ4v) is 3.52. The van der Waals surface area contributed by atoms with E-state index in [1.165, 1.54) is 44.4 Å². The van der Waals surface area contributed by atoms with Crippen LogP contribution in [0.2, 0.25) is 0 Å². The molecule has 0 aliphatic carbocycles. The maximum atomic E-state index is 13.2. The zero-order chi connectivity index (χ0) is 18.6. The van der Waals surface area contributed by atoms with Gasteiger partial charge in [-0.1, -0.05) is 12.1 Å². The molecule has 27 heavy (non-hydrogen) atoms. The highest BCUT2D eigenvalue weighted by molar-refractivity contribution is 5.97. The zero-order valence-corrected chi connectivity index (χ0v) is 15.5. The highest BCUT2D eigenvalue weighted by Crippen LogP contribution is 2.31. The van der Waals surface area contributed by atoms with E-state index in [0.29, 0.717) is 17.2 Å². The standard InChI is InChI=1S/C20H24FN5O/c1-14-7-11-26(12-8-14)10-2-9-22-19-17-18(15-3-5-16(21)6-4-15)25-27-20(17)24-13-23-19/h3-6,13-14H,2,7-12H2,1H3,(H,22,23,24). The third-order valence-electron chi connectivity index (χ3n) is 5.21. The van der Waals surface area contributed by atoms with Crippen LogP contribution in [0.5, 0.6) is 0 Å². The van der Waals surface area contributed by atoms with Gasteiger partial charge in [-0.15, -0.1) is 0 Å². The van der Waals surface area contributed by atoms with Crippen molar-refractivity contribution < 1.29 is 8.91 Å². The smallest absolute Gasteiger partial charge is 0.263 e. The van der Waals surface area contributed by atoms with Crippen LogP contribution >= 0.6 is 0 Å². The van der Waals surface area contributed by atoms with Crippen molar-refractivity contribution in [3.05, 3.63) is 36.4 Å². The third kappa shape index (κ3) is 4.08. The van der Waals surface area contributed by atoms with Gasteiger partial charge in [-0.25, -0.2) is 9.37 Å². The predicted octanol–water partition coefficient (Wildman–Crippen LogP) is 3.96. The van der Waals surface area contributed by atoms with Gasteiger partial charge >= 0.3 is 0 Å². The molecule has 0 atom stereocenters. The van der Waals surface area contributed by atoms with E-state index in [1.807, 2.05) is 0 Å². The van der Waals surface area contributed by atoms with Crippen LogP contribution in [0.15, 0.2) is 35.1 Å². The van der Waals surface area contributed by atoms with Crippen molar-refractivity contribution in [2.24, 2.45) is 5.92 Å². The zero-order valence-electron chi connectivity index (χ0n) is 15.5. The SMILES string of the molecule is CC1CCN(CCCNc2ncnc3onc(-c4ccc(F)cc4)c23)CC1. The Balaban J connectivity index is 1.44. The molecule has 4 rings (SSSR count). The molecule has 1 aromatic carbocycles. The second-order valence-electron chi connectivity index (χ2n) is 7.24. The summed E-state index contributed by atoms with van der Waals surface area (Å²) in [6.45, 7) is 6.62. The van der Waals surface area contributed by atoms with E-state index in [4.69, 9.17) is 4.52 Å².